The van der Waals surface area contributed by atoms with Gasteiger partial charge in [-0.15, -0.1) is 0 Å². The highest BCUT2D eigenvalue weighted by atomic mass is 16.3. The largest absolute Gasteiger partial charge is 0.506 e. The molecule has 1 aliphatic rings. The third-order valence-electron chi connectivity index (χ3n) is 5.19. The minimum absolute atomic E-state index is 0.205. The van der Waals surface area contributed by atoms with Crippen molar-refractivity contribution in [2.75, 3.05) is 31.5 Å². The first-order chi connectivity index (χ1) is 13.2. The summed E-state index contributed by atoms with van der Waals surface area (Å²) in [6.45, 7) is 4.25. The maximum atomic E-state index is 10.1. The van der Waals surface area contributed by atoms with E-state index in [-0.39, 0.29) is 5.75 Å². The number of anilines is 1. The molecule has 0 amide bonds. The molecule has 0 aliphatic carbocycles. The molecule has 142 valence electrons. The van der Waals surface area contributed by atoms with Crippen LogP contribution in [0.4, 0.5) is 5.95 Å². The number of para-hydroxylation sites is 2. The highest BCUT2D eigenvalue weighted by Gasteiger charge is 2.21. The van der Waals surface area contributed by atoms with Crippen LogP contribution in [-0.2, 0) is 6.54 Å². The Morgan fingerprint density at radius 2 is 1.96 bits per heavy atom. The molecule has 1 aromatic carbocycles. The van der Waals surface area contributed by atoms with E-state index < -0.39 is 0 Å². The average Bonchev–Trinajstić information content (AvgIpc) is 3.03. The van der Waals surface area contributed by atoms with Gasteiger partial charge in [0.2, 0.25) is 5.95 Å². The molecular formula is C20H26N6O. The third-order valence-corrected chi connectivity index (χ3v) is 5.19. The molecule has 4 N–H and O–H groups in total. The number of likely N-dealkylation sites (tertiary alicyclic amines) is 1. The van der Waals surface area contributed by atoms with E-state index in [0.29, 0.717) is 24.8 Å². The molecule has 7 nitrogen and oxygen atoms in total. The quantitative estimate of drug-likeness (QED) is 0.618. The lowest BCUT2D eigenvalue weighted by molar-refractivity contribution is 0.224. The van der Waals surface area contributed by atoms with Gasteiger partial charge in [-0.25, -0.2) is 4.98 Å². The molecule has 7 heteroatoms. The highest BCUT2D eigenvalue weighted by molar-refractivity contribution is 5.78. The smallest absolute Gasteiger partial charge is 0.204 e. The van der Waals surface area contributed by atoms with E-state index in [9.17, 15) is 5.11 Å². The predicted octanol–water partition coefficient (Wildman–Crippen LogP) is 2.02. The summed E-state index contributed by atoms with van der Waals surface area (Å²) in [5.41, 5.74) is 8.28. The molecule has 3 aromatic rings. The summed E-state index contributed by atoms with van der Waals surface area (Å²) in [5, 5.41) is 13.8. The van der Waals surface area contributed by atoms with Crippen LogP contribution in [0.1, 0.15) is 18.5 Å². The van der Waals surface area contributed by atoms with Gasteiger partial charge < -0.3 is 25.6 Å². The molecule has 0 radical (unpaired) electrons. The van der Waals surface area contributed by atoms with E-state index in [0.717, 1.165) is 49.5 Å². The van der Waals surface area contributed by atoms with Gasteiger partial charge in [0.05, 0.1) is 17.6 Å². The molecule has 0 saturated carbocycles. The number of imidazole rings is 1. The minimum Gasteiger partial charge on any atom is -0.506 e. The Morgan fingerprint density at radius 3 is 2.74 bits per heavy atom. The molecule has 0 spiro atoms. The van der Waals surface area contributed by atoms with E-state index in [4.69, 9.17) is 10.7 Å². The van der Waals surface area contributed by atoms with Gasteiger partial charge >= 0.3 is 0 Å². The molecule has 4 rings (SSSR count). The van der Waals surface area contributed by atoms with Gasteiger partial charge in [-0.1, -0.05) is 12.1 Å². The molecule has 0 atom stereocenters. The van der Waals surface area contributed by atoms with Crippen molar-refractivity contribution in [3.8, 4) is 5.75 Å². The highest BCUT2D eigenvalue weighted by Crippen LogP contribution is 2.25. The fourth-order valence-electron chi connectivity index (χ4n) is 3.71. The number of nitrogens with two attached hydrogens (primary N) is 1. The number of aromatic hydroxyl groups is 1. The minimum atomic E-state index is 0.205. The Hall–Kier alpha value is -2.64. The van der Waals surface area contributed by atoms with E-state index in [2.05, 4.69) is 25.8 Å². The maximum absolute atomic E-state index is 10.1. The number of nitrogens with one attached hydrogen (secondary N) is 1. The first kappa shape index (κ1) is 17.8. The van der Waals surface area contributed by atoms with Crippen molar-refractivity contribution < 1.29 is 5.11 Å². The van der Waals surface area contributed by atoms with Crippen LogP contribution in [-0.4, -0.2) is 56.8 Å². The SMILES string of the molecule is NCCN1CCC(Nc2nc3ccccc3n2Cc2ncccc2O)CC1. The topological polar surface area (TPSA) is 92.2 Å². The molecule has 1 fully saturated rings. The molecule has 0 unspecified atom stereocenters. The Bertz CT molecular complexity index is 900. The van der Waals surface area contributed by atoms with E-state index in [1.807, 2.05) is 18.2 Å². The second-order valence-corrected chi connectivity index (χ2v) is 7.03. The van der Waals surface area contributed by atoms with Crippen LogP contribution in [0.25, 0.3) is 11.0 Å². The number of hydrogen-bond acceptors (Lipinski definition) is 6. The summed E-state index contributed by atoms with van der Waals surface area (Å²) in [7, 11) is 0. The normalized spacial score (nSPS) is 16.0. The Morgan fingerprint density at radius 1 is 1.15 bits per heavy atom. The zero-order chi connectivity index (χ0) is 18.6. The van der Waals surface area contributed by atoms with Gasteiger partial charge in [-0.05, 0) is 37.1 Å². The van der Waals surface area contributed by atoms with Gasteiger partial charge in [0, 0.05) is 38.4 Å². The van der Waals surface area contributed by atoms with Gasteiger partial charge in [0.1, 0.15) is 11.4 Å². The van der Waals surface area contributed by atoms with E-state index in [1.165, 1.54) is 0 Å². The number of fused-ring (bicyclic) bond motifs is 1. The number of pyridine rings is 1. The summed E-state index contributed by atoms with van der Waals surface area (Å²) in [5.74, 6) is 1.04. The van der Waals surface area contributed by atoms with Crippen molar-refractivity contribution in [2.45, 2.75) is 25.4 Å². The first-order valence-electron chi connectivity index (χ1n) is 9.51. The van der Waals surface area contributed by atoms with Crippen LogP contribution in [0.5, 0.6) is 5.75 Å². The van der Waals surface area contributed by atoms with Gasteiger partial charge in [0.15, 0.2) is 0 Å². The standard InChI is InChI=1S/C20H26N6O/c21-9-13-25-11-7-15(8-12-25)23-20-24-16-4-1-2-5-18(16)26(20)14-17-19(27)6-3-10-22-17/h1-6,10,15,27H,7-9,11-14,21H2,(H,23,24). The maximum Gasteiger partial charge on any atom is 0.204 e. The summed E-state index contributed by atoms with van der Waals surface area (Å²) >= 11 is 0. The molecule has 2 aromatic heterocycles. The van der Waals surface area contributed by atoms with Crippen molar-refractivity contribution in [3.05, 3.63) is 48.3 Å². The van der Waals surface area contributed by atoms with Crippen LogP contribution >= 0.6 is 0 Å². The number of piperidine rings is 1. The molecule has 3 heterocycles. The summed E-state index contributed by atoms with van der Waals surface area (Å²) in [6.07, 6.45) is 3.84. The van der Waals surface area contributed by atoms with Crippen LogP contribution in [0.2, 0.25) is 0 Å². The number of nitrogens with zero attached hydrogens (tertiary/aromatic N) is 4. The second kappa shape index (κ2) is 7.94. The number of hydrogen-bond donors (Lipinski definition) is 3. The Kier molecular flexibility index (Phi) is 5.22. The molecule has 1 saturated heterocycles. The van der Waals surface area contributed by atoms with Crippen molar-refractivity contribution >= 4 is 17.0 Å². The second-order valence-electron chi connectivity index (χ2n) is 7.03. The van der Waals surface area contributed by atoms with Crippen LogP contribution in [0.3, 0.4) is 0 Å². The van der Waals surface area contributed by atoms with Crippen molar-refractivity contribution in [3.63, 3.8) is 0 Å². The predicted molar refractivity (Wildman–Crippen MR) is 107 cm³/mol. The first-order valence-corrected chi connectivity index (χ1v) is 9.51. The van der Waals surface area contributed by atoms with Crippen LogP contribution < -0.4 is 11.1 Å². The Labute approximate surface area is 158 Å². The summed E-state index contributed by atoms with van der Waals surface area (Å²) in [6, 6.07) is 11.9. The number of aromatic nitrogens is 3. The zero-order valence-electron chi connectivity index (χ0n) is 15.4. The van der Waals surface area contributed by atoms with Crippen molar-refractivity contribution in [1.82, 2.24) is 19.4 Å². The molecular weight excluding hydrogens is 340 g/mol. The number of benzene rings is 1. The van der Waals surface area contributed by atoms with Crippen LogP contribution in [0.15, 0.2) is 42.6 Å². The van der Waals surface area contributed by atoms with Crippen LogP contribution in [0, 0.1) is 0 Å². The lowest BCUT2D eigenvalue weighted by atomic mass is 10.1. The van der Waals surface area contributed by atoms with Gasteiger partial charge in [-0.3, -0.25) is 4.98 Å². The average molecular weight is 366 g/mol. The van der Waals surface area contributed by atoms with Gasteiger partial charge in [0.25, 0.3) is 0 Å². The lowest BCUT2D eigenvalue weighted by Crippen LogP contribution is -2.41. The zero-order valence-corrected chi connectivity index (χ0v) is 15.4. The Balaban J connectivity index is 1.58. The van der Waals surface area contributed by atoms with E-state index in [1.54, 1.807) is 18.3 Å². The fraction of sp³-hybridized carbons (Fsp3) is 0.400. The van der Waals surface area contributed by atoms with Gasteiger partial charge in [-0.2, -0.15) is 0 Å². The number of rotatable bonds is 6. The third kappa shape index (κ3) is 3.89. The van der Waals surface area contributed by atoms with Crippen molar-refractivity contribution in [1.29, 1.82) is 0 Å². The fourth-order valence-corrected chi connectivity index (χ4v) is 3.71. The van der Waals surface area contributed by atoms with E-state index >= 15 is 0 Å². The van der Waals surface area contributed by atoms with Crippen molar-refractivity contribution in [2.24, 2.45) is 5.73 Å². The molecule has 1 aliphatic heterocycles. The lowest BCUT2D eigenvalue weighted by Gasteiger charge is -2.32. The summed E-state index contributed by atoms with van der Waals surface area (Å²) < 4.78 is 2.10. The molecule has 27 heavy (non-hydrogen) atoms. The molecule has 0 bridgehead atoms. The summed E-state index contributed by atoms with van der Waals surface area (Å²) in [4.78, 5) is 11.5. The monoisotopic (exact) mass is 366 g/mol.